The molecule has 0 aliphatic heterocycles. The van der Waals surface area contributed by atoms with Crippen LogP contribution in [0.2, 0.25) is 0 Å². The number of ether oxygens (including phenoxy) is 1. The zero-order chi connectivity index (χ0) is 16.4. The van der Waals surface area contributed by atoms with Crippen molar-refractivity contribution in [2.75, 3.05) is 13.7 Å². The SMILES string of the molecule is COc1cc(C(F)(F)F)cc(C(F)(F)F)c1[C@H](N)CCO.Cl. The fourth-order valence-electron chi connectivity index (χ4n) is 1.86. The lowest BCUT2D eigenvalue weighted by Gasteiger charge is -2.22. The molecule has 1 rings (SSSR count). The van der Waals surface area contributed by atoms with E-state index < -0.39 is 47.4 Å². The van der Waals surface area contributed by atoms with E-state index >= 15 is 0 Å². The van der Waals surface area contributed by atoms with Gasteiger partial charge in [0.05, 0.1) is 18.2 Å². The zero-order valence-corrected chi connectivity index (χ0v) is 12.1. The summed E-state index contributed by atoms with van der Waals surface area (Å²) in [4.78, 5) is 0. The van der Waals surface area contributed by atoms with Gasteiger partial charge in [0.15, 0.2) is 0 Å². The van der Waals surface area contributed by atoms with Gasteiger partial charge in [-0.1, -0.05) is 0 Å². The fraction of sp³-hybridized carbons (Fsp3) is 0.500. The Hall–Kier alpha value is -1.19. The first-order valence-corrected chi connectivity index (χ1v) is 5.75. The van der Waals surface area contributed by atoms with Gasteiger partial charge in [-0.15, -0.1) is 12.4 Å². The normalized spacial score (nSPS) is 13.5. The maximum atomic E-state index is 13.0. The van der Waals surface area contributed by atoms with Crippen LogP contribution in [0.1, 0.15) is 29.2 Å². The van der Waals surface area contributed by atoms with Crippen LogP contribution in [0.5, 0.6) is 5.75 Å². The molecule has 1 atom stereocenters. The Morgan fingerprint density at radius 3 is 2.05 bits per heavy atom. The first kappa shape index (κ1) is 20.8. The van der Waals surface area contributed by atoms with Crippen LogP contribution >= 0.6 is 12.4 Å². The Balaban J connectivity index is 0.00000441. The fourth-order valence-corrected chi connectivity index (χ4v) is 1.86. The number of halogens is 7. The molecule has 0 spiro atoms. The Labute approximate surface area is 128 Å². The molecule has 0 unspecified atom stereocenters. The van der Waals surface area contributed by atoms with Gasteiger partial charge < -0.3 is 15.6 Å². The van der Waals surface area contributed by atoms with Crippen LogP contribution in [0.3, 0.4) is 0 Å². The van der Waals surface area contributed by atoms with E-state index in [0.717, 1.165) is 7.11 Å². The van der Waals surface area contributed by atoms with Crippen LogP contribution in [-0.4, -0.2) is 18.8 Å². The molecule has 0 saturated heterocycles. The quantitative estimate of drug-likeness (QED) is 0.814. The molecule has 0 saturated carbocycles. The van der Waals surface area contributed by atoms with E-state index in [1.54, 1.807) is 0 Å². The average molecular weight is 354 g/mol. The second-order valence-electron chi connectivity index (χ2n) is 4.25. The molecule has 1 aromatic carbocycles. The maximum Gasteiger partial charge on any atom is 0.416 e. The molecule has 0 aromatic heterocycles. The predicted molar refractivity (Wildman–Crippen MR) is 68.9 cm³/mol. The van der Waals surface area contributed by atoms with Gasteiger partial charge in [0.1, 0.15) is 5.75 Å². The molecule has 3 N–H and O–H groups in total. The maximum absolute atomic E-state index is 13.0. The van der Waals surface area contributed by atoms with Crippen LogP contribution in [0, 0.1) is 0 Å². The standard InChI is InChI=1S/C12H13F6NO2.ClH/c1-21-9-5-6(11(13,14)15)4-7(12(16,17)18)10(9)8(19)2-3-20;/h4-5,8,20H,2-3,19H2,1H3;1H/t8-;/m1./s1. The van der Waals surface area contributed by atoms with E-state index in [1.807, 2.05) is 0 Å². The Kier molecular flexibility index (Phi) is 6.98. The van der Waals surface area contributed by atoms with Crippen molar-refractivity contribution in [3.63, 3.8) is 0 Å². The summed E-state index contributed by atoms with van der Waals surface area (Å²) in [6.45, 7) is -0.511. The van der Waals surface area contributed by atoms with Gasteiger partial charge in [0, 0.05) is 18.2 Å². The number of rotatable bonds is 4. The van der Waals surface area contributed by atoms with Gasteiger partial charge in [-0.25, -0.2) is 0 Å². The van der Waals surface area contributed by atoms with Crippen LogP contribution < -0.4 is 10.5 Å². The third kappa shape index (κ3) is 4.65. The van der Waals surface area contributed by atoms with Crippen molar-refractivity contribution in [3.05, 3.63) is 28.8 Å². The van der Waals surface area contributed by atoms with Crippen LogP contribution in [0.25, 0.3) is 0 Å². The summed E-state index contributed by atoms with van der Waals surface area (Å²) in [5.41, 5.74) is 1.91. The summed E-state index contributed by atoms with van der Waals surface area (Å²) in [6, 6.07) is -0.847. The number of methoxy groups -OCH3 is 1. The van der Waals surface area contributed by atoms with Gasteiger partial charge in [-0.2, -0.15) is 26.3 Å². The highest BCUT2D eigenvalue weighted by atomic mass is 35.5. The van der Waals surface area contributed by atoms with Gasteiger partial charge >= 0.3 is 12.4 Å². The topological polar surface area (TPSA) is 55.5 Å². The van der Waals surface area contributed by atoms with Crippen molar-refractivity contribution in [2.45, 2.75) is 24.8 Å². The van der Waals surface area contributed by atoms with Crippen molar-refractivity contribution in [1.82, 2.24) is 0 Å². The highest BCUT2D eigenvalue weighted by molar-refractivity contribution is 5.85. The van der Waals surface area contributed by atoms with E-state index in [0.29, 0.717) is 6.07 Å². The zero-order valence-electron chi connectivity index (χ0n) is 11.3. The summed E-state index contributed by atoms with van der Waals surface area (Å²) in [7, 11) is 0.949. The highest BCUT2D eigenvalue weighted by Crippen LogP contribution is 2.43. The number of benzene rings is 1. The van der Waals surface area contributed by atoms with E-state index in [1.165, 1.54) is 0 Å². The van der Waals surface area contributed by atoms with Crippen molar-refractivity contribution in [2.24, 2.45) is 5.73 Å². The summed E-state index contributed by atoms with van der Waals surface area (Å²) >= 11 is 0. The minimum Gasteiger partial charge on any atom is -0.496 e. The molecule has 128 valence electrons. The second-order valence-corrected chi connectivity index (χ2v) is 4.25. The predicted octanol–water partition coefficient (Wildman–Crippen LogP) is 3.54. The Bertz CT molecular complexity index is 504. The largest absolute Gasteiger partial charge is 0.496 e. The van der Waals surface area contributed by atoms with Crippen LogP contribution in [0.15, 0.2) is 12.1 Å². The average Bonchev–Trinajstić information content (AvgIpc) is 2.35. The Morgan fingerprint density at radius 2 is 1.68 bits per heavy atom. The number of hydrogen-bond acceptors (Lipinski definition) is 3. The van der Waals surface area contributed by atoms with E-state index in [4.69, 9.17) is 10.8 Å². The van der Waals surface area contributed by atoms with Gasteiger partial charge in [0.2, 0.25) is 0 Å². The van der Waals surface area contributed by atoms with Gasteiger partial charge in [0.25, 0.3) is 0 Å². The third-order valence-electron chi connectivity index (χ3n) is 2.81. The number of aliphatic hydroxyl groups is 1. The molecule has 22 heavy (non-hydrogen) atoms. The van der Waals surface area contributed by atoms with Crippen molar-refractivity contribution >= 4 is 12.4 Å². The lowest BCUT2D eigenvalue weighted by Crippen LogP contribution is -2.21. The monoisotopic (exact) mass is 353 g/mol. The van der Waals surface area contributed by atoms with Crippen LogP contribution in [-0.2, 0) is 12.4 Å². The molecule has 0 amide bonds. The molecular formula is C12H14ClF6NO2. The molecule has 0 bridgehead atoms. The first-order chi connectivity index (χ1) is 9.52. The molecule has 3 nitrogen and oxygen atoms in total. The summed E-state index contributed by atoms with van der Waals surface area (Å²) < 4.78 is 81.6. The van der Waals surface area contributed by atoms with Crippen molar-refractivity contribution < 1.29 is 36.2 Å². The highest BCUT2D eigenvalue weighted by Gasteiger charge is 2.40. The molecular weight excluding hydrogens is 340 g/mol. The minimum atomic E-state index is -5.03. The number of alkyl halides is 6. The van der Waals surface area contributed by atoms with Gasteiger partial charge in [-0.3, -0.25) is 0 Å². The molecule has 10 heteroatoms. The number of aliphatic hydroxyl groups excluding tert-OH is 1. The summed E-state index contributed by atoms with van der Waals surface area (Å²) in [5, 5.41) is 8.76. The smallest absolute Gasteiger partial charge is 0.416 e. The molecule has 0 fully saturated rings. The Morgan fingerprint density at radius 1 is 1.14 bits per heavy atom. The molecule has 0 aliphatic carbocycles. The second kappa shape index (κ2) is 7.38. The van der Waals surface area contributed by atoms with Crippen molar-refractivity contribution in [1.29, 1.82) is 0 Å². The summed E-state index contributed by atoms with van der Waals surface area (Å²) in [5.74, 6) is -0.613. The summed E-state index contributed by atoms with van der Waals surface area (Å²) in [6.07, 6.45) is -10.2. The van der Waals surface area contributed by atoms with Crippen molar-refractivity contribution in [3.8, 4) is 5.75 Å². The molecule has 0 aliphatic rings. The number of nitrogens with two attached hydrogens (primary N) is 1. The first-order valence-electron chi connectivity index (χ1n) is 5.75. The molecule has 0 radical (unpaired) electrons. The molecule has 0 heterocycles. The minimum absolute atomic E-state index is 0. The van der Waals surface area contributed by atoms with Gasteiger partial charge in [-0.05, 0) is 18.6 Å². The third-order valence-corrected chi connectivity index (χ3v) is 2.81. The molecule has 1 aromatic rings. The van der Waals surface area contributed by atoms with E-state index in [-0.39, 0.29) is 24.9 Å². The lowest BCUT2D eigenvalue weighted by atomic mass is 9.94. The van der Waals surface area contributed by atoms with E-state index in [2.05, 4.69) is 4.74 Å². The number of hydrogen-bond donors (Lipinski definition) is 2. The lowest BCUT2D eigenvalue weighted by molar-refractivity contribution is -0.143. The van der Waals surface area contributed by atoms with E-state index in [9.17, 15) is 26.3 Å². The van der Waals surface area contributed by atoms with Crippen LogP contribution in [0.4, 0.5) is 26.3 Å².